The summed E-state index contributed by atoms with van der Waals surface area (Å²) in [5.41, 5.74) is 4.91. The van der Waals surface area contributed by atoms with Gasteiger partial charge in [0.1, 0.15) is 5.75 Å². The standard InChI is InChI=1S/C17H20BrNO/c1-11-5-8-16(20-4)15(9-11)17(19-3)14-7-6-13(18)10-12(14)2/h5-10,17,19H,1-4H3. The SMILES string of the molecule is CNC(c1ccc(Br)cc1C)c1cc(C)ccc1OC. The lowest BCUT2D eigenvalue weighted by molar-refractivity contribution is 0.405. The van der Waals surface area contributed by atoms with Crippen molar-refractivity contribution in [1.29, 1.82) is 0 Å². The average Bonchev–Trinajstić information content (AvgIpc) is 2.42. The first-order valence-electron chi connectivity index (χ1n) is 6.64. The van der Waals surface area contributed by atoms with Gasteiger partial charge in [-0.1, -0.05) is 39.7 Å². The molecule has 0 fully saturated rings. The van der Waals surface area contributed by atoms with Crippen molar-refractivity contribution in [2.75, 3.05) is 14.2 Å². The summed E-state index contributed by atoms with van der Waals surface area (Å²) in [5.74, 6) is 0.914. The maximum absolute atomic E-state index is 5.52. The summed E-state index contributed by atoms with van der Waals surface area (Å²) in [5, 5.41) is 3.40. The highest BCUT2D eigenvalue weighted by molar-refractivity contribution is 9.10. The van der Waals surface area contributed by atoms with E-state index in [0.717, 1.165) is 10.2 Å². The highest BCUT2D eigenvalue weighted by atomic mass is 79.9. The number of benzene rings is 2. The smallest absolute Gasteiger partial charge is 0.123 e. The summed E-state index contributed by atoms with van der Waals surface area (Å²) in [7, 11) is 3.70. The van der Waals surface area contributed by atoms with Crippen LogP contribution in [-0.4, -0.2) is 14.2 Å². The first kappa shape index (κ1) is 15.1. The number of halogens is 1. The number of hydrogen-bond acceptors (Lipinski definition) is 2. The molecule has 0 aliphatic carbocycles. The average molecular weight is 334 g/mol. The Hall–Kier alpha value is -1.32. The first-order chi connectivity index (χ1) is 9.56. The molecular weight excluding hydrogens is 314 g/mol. The van der Waals surface area contributed by atoms with Gasteiger partial charge in [-0.05, 0) is 50.2 Å². The molecule has 0 saturated heterocycles. The summed E-state index contributed by atoms with van der Waals surface area (Å²) in [6.45, 7) is 4.23. The number of ether oxygens (including phenoxy) is 1. The van der Waals surface area contributed by atoms with E-state index in [1.54, 1.807) is 7.11 Å². The van der Waals surface area contributed by atoms with Gasteiger partial charge >= 0.3 is 0 Å². The lowest BCUT2D eigenvalue weighted by Crippen LogP contribution is -2.19. The molecule has 20 heavy (non-hydrogen) atoms. The van der Waals surface area contributed by atoms with Gasteiger partial charge in [-0.25, -0.2) is 0 Å². The van der Waals surface area contributed by atoms with Gasteiger partial charge < -0.3 is 10.1 Å². The second-order valence-electron chi connectivity index (χ2n) is 4.97. The molecule has 0 radical (unpaired) electrons. The van der Waals surface area contributed by atoms with Crippen LogP contribution in [0.5, 0.6) is 5.75 Å². The van der Waals surface area contributed by atoms with Crippen LogP contribution < -0.4 is 10.1 Å². The molecule has 3 heteroatoms. The fraction of sp³-hybridized carbons (Fsp3) is 0.294. The quantitative estimate of drug-likeness (QED) is 0.896. The zero-order valence-electron chi connectivity index (χ0n) is 12.3. The molecule has 2 rings (SSSR count). The zero-order chi connectivity index (χ0) is 14.7. The van der Waals surface area contributed by atoms with Crippen LogP contribution >= 0.6 is 15.9 Å². The molecule has 1 N–H and O–H groups in total. The minimum Gasteiger partial charge on any atom is -0.496 e. The fourth-order valence-electron chi connectivity index (χ4n) is 2.52. The third-order valence-electron chi connectivity index (χ3n) is 3.53. The molecule has 0 saturated carbocycles. The summed E-state index contributed by atoms with van der Waals surface area (Å²) < 4.78 is 6.62. The van der Waals surface area contributed by atoms with Gasteiger partial charge in [0.05, 0.1) is 13.2 Å². The van der Waals surface area contributed by atoms with Crippen molar-refractivity contribution in [2.45, 2.75) is 19.9 Å². The molecule has 0 aliphatic rings. The van der Waals surface area contributed by atoms with Gasteiger partial charge in [-0.3, -0.25) is 0 Å². The Balaban J connectivity index is 2.54. The second kappa shape index (κ2) is 6.42. The summed E-state index contributed by atoms with van der Waals surface area (Å²) in [6.07, 6.45) is 0. The summed E-state index contributed by atoms with van der Waals surface area (Å²) in [4.78, 5) is 0. The van der Waals surface area contributed by atoms with Crippen LogP contribution in [0.2, 0.25) is 0 Å². The second-order valence-corrected chi connectivity index (χ2v) is 5.88. The van der Waals surface area contributed by atoms with Crippen molar-refractivity contribution in [3.8, 4) is 5.75 Å². The van der Waals surface area contributed by atoms with Crippen LogP contribution in [0.4, 0.5) is 0 Å². The van der Waals surface area contributed by atoms with Gasteiger partial charge in [-0.15, -0.1) is 0 Å². The Bertz CT molecular complexity index is 610. The van der Waals surface area contributed by atoms with E-state index in [2.05, 4.69) is 65.4 Å². The van der Waals surface area contributed by atoms with Crippen molar-refractivity contribution >= 4 is 15.9 Å². The van der Waals surface area contributed by atoms with Crippen LogP contribution in [0.25, 0.3) is 0 Å². The Labute approximate surface area is 129 Å². The van der Waals surface area contributed by atoms with Crippen molar-refractivity contribution in [3.05, 3.63) is 63.1 Å². The van der Waals surface area contributed by atoms with E-state index >= 15 is 0 Å². The molecule has 2 nitrogen and oxygen atoms in total. The minimum atomic E-state index is 0.123. The molecule has 0 heterocycles. The molecule has 2 aromatic rings. The van der Waals surface area contributed by atoms with Crippen molar-refractivity contribution in [1.82, 2.24) is 5.32 Å². The van der Waals surface area contributed by atoms with Crippen LogP contribution in [-0.2, 0) is 0 Å². The topological polar surface area (TPSA) is 21.3 Å². The molecule has 2 aromatic carbocycles. The van der Waals surface area contributed by atoms with E-state index in [1.807, 2.05) is 13.1 Å². The van der Waals surface area contributed by atoms with E-state index in [1.165, 1.54) is 22.3 Å². The number of aryl methyl sites for hydroxylation is 2. The third kappa shape index (κ3) is 3.05. The molecule has 0 aliphatic heterocycles. The normalized spacial score (nSPS) is 12.2. The number of nitrogens with one attached hydrogen (secondary N) is 1. The molecule has 106 valence electrons. The molecular formula is C17H20BrNO. The Morgan fingerprint density at radius 1 is 1.05 bits per heavy atom. The van der Waals surface area contributed by atoms with E-state index < -0.39 is 0 Å². The third-order valence-corrected chi connectivity index (χ3v) is 4.02. The van der Waals surface area contributed by atoms with Gasteiger partial charge in [0.15, 0.2) is 0 Å². The van der Waals surface area contributed by atoms with Crippen LogP contribution in [0.1, 0.15) is 28.3 Å². The van der Waals surface area contributed by atoms with Gasteiger partial charge in [-0.2, -0.15) is 0 Å². The van der Waals surface area contributed by atoms with Gasteiger partial charge in [0.25, 0.3) is 0 Å². The number of methoxy groups -OCH3 is 1. The lowest BCUT2D eigenvalue weighted by atomic mass is 9.93. The highest BCUT2D eigenvalue weighted by Crippen LogP contribution is 2.33. The van der Waals surface area contributed by atoms with Crippen LogP contribution in [0.3, 0.4) is 0 Å². The lowest BCUT2D eigenvalue weighted by Gasteiger charge is -2.22. The van der Waals surface area contributed by atoms with E-state index in [9.17, 15) is 0 Å². The van der Waals surface area contributed by atoms with E-state index in [0.29, 0.717) is 0 Å². The molecule has 1 unspecified atom stereocenters. The Morgan fingerprint density at radius 2 is 1.80 bits per heavy atom. The molecule has 0 spiro atoms. The zero-order valence-corrected chi connectivity index (χ0v) is 13.9. The van der Waals surface area contributed by atoms with Gasteiger partial charge in [0, 0.05) is 10.0 Å². The monoisotopic (exact) mass is 333 g/mol. The maximum atomic E-state index is 5.52. The highest BCUT2D eigenvalue weighted by Gasteiger charge is 2.18. The molecule has 0 bridgehead atoms. The largest absolute Gasteiger partial charge is 0.496 e. The van der Waals surface area contributed by atoms with Crippen LogP contribution in [0, 0.1) is 13.8 Å². The van der Waals surface area contributed by atoms with Gasteiger partial charge in [0.2, 0.25) is 0 Å². The van der Waals surface area contributed by atoms with Crippen molar-refractivity contribution < 1.29 is 4.74 Å². The predicted molar refractivity (Wildman–Crippen MR) is 87.5 cm³/mol. The van der Waals surface area contributed by atoms with E-state index in [4.69, 9.17) is 4.74 Å². The minimum absolute atomic E-state index is 0.123. The summed E-state index contributed by atoms with van der Waals surface area (Å²) >= 11 is 3.52. The summed E-state index contributed by atoms with van der Waals surface area (Å²) in [6, 6.07) is 12.8. The molecule has 1 atom stereocenters. The molecule has 0 aromatic heterocycles. The van der Waals surface area contributed by atoms with Crippen molar-refractivity contribution in [2.24, 2.45) is 0 Å². The van der Waals surface area contributed by atoms with E-state index in [-0.39, 0.29) is 6.04 Å². The number of hydrogen-bond donors (Lipinski definition) is 1. The Morgan fingerprint density at radius 3 is 2.40 bits per heavy atom. The van der Waals surface area contributed by atoms with Crippen LogP contribution in [0.15, 0.2) is 40.9 Å². The Kier molecular flexibility index (Phi) is 4.84. The fourth-order valence-corrected chi connectivity index (χ4v) is 3.00. The van der Waals surface area contributed by atoms with Crippen molar-refractivity contribution in [3.63, 3.8) is 0 Å². The maximum Gasteiger partial charge on any atom is 0.123 e. The predicted octanol–water partition coefficient (Wildman–Crippen LogP) is 4.38. The first-order valence-corrected chi connectivity index (χ1v) is 7.44. The molecule has 0 amide bonds. The number of rotatable bonds is 4.